The molecule has 0 saturated heterocycles. The molecule has 20 heavy (non-hydrogen) atoms. The topological polar surface area (TPSA) is 51.5 Å². The van der Waals surface area contributed by atoms with Crippen molar-refractivity contribution in [3.63, 3.8) is 0 Å². The number of fused-ring (bicyclic) bond motifs is 1. The van der Waals surface area contributed by atoms with Crippen LogP contribution in [0.1, 0.15) is 37.7 Å². The van der Waals surface area contributed by atoms with Crippen molar-refractivity contribution in [3.05, 3.63) is 30.0 Å². The monoisotopic (exact) mass is 275 g/mol. The smallest absolute Gasteiger partial charge is 0.197 e. The number of carbonyl (C=O) groups excluding carboxylic acids is 1. The van der Waals surface area contributed by atoms with Crippen LogP contribution < -0.4 is 10.1 Å². The molecule has 0 radical (unpaired) electrons. The molecule has 0 saturated carbocycles. The molecule has 0 bridgehead atoms. The average Bonchev–Trinajstić information content (AvgIpc) is 2.85. The third kappa shape index (κ3) is 3.61. The number of hydrogen-bond donors (Lipinski definition) is 1. The van der Waals surface area contributed by atoms with Crippen LogP contribution in [0.15, 0.2) is 28.7 Å². The molecule has 0 fully saturated rings. The highest BCUT2D eigenvalue weighted by molar-refractivity contribution is 5.97. The minimum absolute atomic E-state index is 0.0183. The molecule has 0 aliphatic heterocycles. The lowest BCUT2D eigenvalue weighted by molar-refractivity contribution is 0.0963. The van der Waals surface area contributed by atoms with Gasteiger partial charge >= 0.3 is 0 Å². The van der Waals surface area contributed by atoms with Gasteiger partial charge in [-0.2, -0.15) is 0 Å². The van der Waals surface area contributed by atoms with Crippen molar-refractivity contribution < 1.29 is 13.9 Å². The van der Waals surface area contributed by atoms with Gasteiger partial charge in [0.2, 0.25) is 0 Å². The summed E-state index contributed by atoms with van der Waals surface area (Å²) in [5.74, 6) is 1.23. The Kier molecular flexibility index (Phi) is 4.79. The van der Waals surface area contributed by atoms with Gasteiger partial charge in [0.15, 0.2) is 11.5 Å². The van der Waals surface area contributed by atoms with Crippen LogP contribution in [0.25, 0.3) is 11.0 Å². The molecule has 4 nitrogen and oxygen atoms in total. The van der Waals surface area contributed by atoms with Gasteiger partial charge in [0.25, 0.3) is 0 Å². The summed E-state index contributed by atoms with van der Waals surface area (Å²) in [7, 11) is 0. The summed E-state index contributed by atoms with van der Waals surface area (Å²) in [4.78, 5) is 11.6. The summed E-state index contributed by atoms with van der Waals surface area (Å²) in [6.07, 6.45) is 0.448. The Morgan fingerprint density at radius 1 is 1.35 bits per heavy atom. The van der Waals surface area contributed by atoms with E-state index in [0.29, 0.717) is 24.8 Å². The van der Waals surface area contributed by atoms with Crippen LogP contribution >= 0.6 is 0 Å². The molecule has 1 N–H and O–H groups in total. The number of furan rings is 1. The third-order valence-electron chi connectivity index (χ3n) is 3.01. The second-order valence-corrected chi connectivity index (χ2v) is 5.04. The van der Waals surface area contributed by atoms with E-state index in [1.807, 2.05) is 25.1 Å². The molecule has 2 rings (SSSR count). The van der Waals surface area contributed by atoms with Crippen molar-refractivity contribution in [1.82, 2.24) is 5.32 Å². The SMILES string of the molecule is CCC(=O)c1cc2cc(OCCNC(C)C)ccc2o1. The molecule has 0 atom stereocenters. The van der Waals surface area contributed by atoms with Crippen LogP contribution in [0, 0.1) is 0 Å². The molecule has 0 amide bonds. The maximum absolute atomic E-state index is 11.6. The standard InChI is InChI=1S/C16H21NO3/c1-4-14(18)16-10-12-9-13(5-6-15(12)20-16)19-8-7-17-11(2)3/h5-6,9-11,17H,4,7-8H2,1-3H3. The van der Waals surface area contributed by atoms with Crippen LogP contribution in [0.5, 0.6) is 5.75 Å². The van der Waals surface area contributed by atoms with Crippen LogP contribution in [0.3, 0.4) is 0 Å². The first-order valence-corrected chi connectivity index (χ1v) is 7.03. The van der Waals surface area contributed by atoms with Gasteiger partial charge in [-0.05, 0) is 24.3 Å². The van der Waals surface area contributed by atoms with E-state index in [1.54, 1.807) is 6.07 Å². The first-order chi connectivity index (χ1) is 9.60. The minimum Gasteiger partial charge on any atom is -0.492 e. The fourth-order valence-corrected chi connectivity index (χ4v) is 1.94. The first-order valence-electron chi connectivity index (χ1n) is 7.03. The molecule has 2 aromatic rings. The van der Waals surface area contributed by atoms with Gasteiger partial charge in [0, 0.05) is 24.4 Å². The molecule has 1 aromatic carbocycles. The molecule has 4 heteroatoms. The lowest BCUT2D eigenvalue weighted by Gasteiger charge is -2.09. The summed E-state index contributed by atoms with van der Waals surface area (Å²) in [5.41, 5.74) is 0.717. The van der Waals surface area contributed by atoms with Crippen molar-refractivity contribution in [2.24, 2.45) is 0 Å². The zero-order valence-corrected chi connectivity index (χ0v) is 12.2. The van der Waals surface area contributed by atoms with Crippen LogP contribution in [-0.2, 0) is 0 Å². The number of benzene rings is 1. The summed E-state index contributed by atoms with van der Waals surface area (Å²) < 4.78 is 11.2. The zero-order valence-electron chi connectivity index (χ0n) is 12.2. The summed E-state index contributed by atoms with van der Waals surface area (Å²) >= 11 is 0. The highest BCUT2D eigenvalue weighted by atomic mass is 16.5. The second kappa shape index (κ2) is 6.57. The Hall–Kier alpha value is -1.81. The number of Topliss-reactive ketones (excluding diaryl/α,β-unsaturated/α-hetero) is 1. The molecular weight excluding hydrogens is 254 g/mol. The Labute approximate surface area is 119 Å². The molecule has 0 spiro atoms. The van der Waals surface area contributed by atoms with Crippen LogP contribution in [0.2, 0.25) is 0 Å². The number of ketones is 1. The molecule has 0 aliphatic rings. The first kappa shape index (κ1) is 14.6. The van der Waals surface area contributed by atoms with E-state index in [2.05, 4.69) is 19.2 Å². The van der Waals surface area contributed by atoms with Crippen LogP contribution in [-0.4, -0.2) is 25.0 Å². The summed E-state index contributed by atoms with van der Waals surface area (Å²) in [6.45, 7) is 7.45. The van der Waals surface area contributed by atoms with Crippen LogP contribution in [0.4, 0.5) is 0 Å². The largest absolute Gasteiger partial charge is 0.492 e. The van der Waals surface area contributed by atoms with E-state index in [-0.39, 0.29) is 5.78 Å². The Morgan fingerprint density at radius 3 is 2.85 bits per heavy atom. The van der Waals surface area contributed by atoms with Gasteiger partial charge in [-0.15, -0.1) is 0 Å². The highest BCUT2D eigenvalue weighted by Gasteiger charge is 2.10. The van der Waals surface area contributed by atoms with Crippen molar-refractivity contribution in [1.29, 1.82) is 0 Å². The molecular formula is C16H21NO3. The van der Waals surface area contributed by atoms with Crippen molar-refractivity contribution in [2.45, 2.75) is 33.2 Å². The number of nitrogens with one attached hydrogen (secondary N) is 1. The highest BCUT2D eigenvalue weighted by Crippen LogP contribution is 2.24. The lowest BCUT2D eigenvalue weighted by Crippen LogP contribution is -2.27. The molecule has 0 aliphatic carbocycles. The Morgan fingerprint density at radius 2 is 2.15 bits per heavy atom. The third-order valence-corrected chi connectivity index (χ3v) is 3.01. The normalized spacial score (nSPS) is 11.2. The van der Waals surface area contributed by atoms with Gasteiger partial charge in [-0.3, -0.25) is 4.79 Å². The van der Waals surface area contributed by atoms with E-state index >= 15 is 0 Å². The number of carbonyl (C=O) groups is 1. The molecule has 1 heterocycles. The van der Waals surface area contributed by atoms with E-state index < -0.39 is 0 Å². The Balaban J connectivity index is 2.03. The van der Waals surface area contributed by atoms with Gasteiger partial charge < -0.3 is 14.5 Å². The van der Waals surface area contributed by atoms with E-state index in [4.69, 9.17) is 9.15 Å². The van der Waals surface area contributed by atoms with Gasteiger partial charge in [0.1, 0.15) is 17.9 Å². The predicted molar refractivity (Wildman–Crippen MR) is 79.5 cm³/mol. The number of ether oxygens (including phenoxy) is 1. The van der Waals surface area contributed by atoms with Gasteiger partial charge in [-0.1, -0.05) is 20.8 Å². The summed E-state index contributed by atoms with van der Waals surface area (Å²) in [6, 6.07) is 7.84. The van der Waals surface area contributed by atoms with Crippen molar-refractivity contribution in [3.8, 4) is 5.75 Å². The van der Waals surface area contributed by atoms with Gasteiger partial charge in [-0.25, -0.2) is 0 Å². The maximum atomic E-state index is 11.6. The van der Waals surface area contributed by atoms with Gasteiger partial charge in [0.05, 0.1) is 0 Å². The molecule has 0 unspecified atom stereocenters. The fraction of sp³-hybridized carbons (Fsp3) is 0.438. The molecule has 1 aromatic heterocycles. The second-order valence-electron chi connectivity index (χ2n) is 5.04. The van der Waals surface area contributed by atoms with E-state index in [9.17, 15) is 4.79 Å². The lowest BCUT2D eigenvalue weighted by atomic mass is 10.2. The predicted octanol–water partition coefficient (Wildman–Crippen LogP) is 3.40. The fourth-order valence-electron chi connectivity index (χ4n) is 1.94. The molecule has 108 valence electrons. The van der Waals surface area contributed by atoms with Crippen molar-refractivity contribution in [2.75, 3.05) is 13.2 Å². The maximum Gasteiger partial charge on any atom is 0.197 e. The zero-order chi connectivity index (χ0) is 14.5. The van der Waals surface area contributed by atoms with E-state index in [0.717, 1.165) is 23.3 Å². The summed E-state index contributed by atoms with van der Waals surface area (Å²) in [5, 5.41) is 4.19. The number of rotatable bonds is 7. The minimum atomic E-state index is 0.0183. The number of hydrogen-bond acceptors (Lipinski definition) is 4. The average molecular weight is 275 g/mol. The van der Waals surface area contributed by atoms with Crippen molar-refractivity contribution >= 4 is 16.8 Å². The quantitative estimate of drug-likeness (QED) is 0.621. The van der Waals surface area contributed by atoms with E-state index in [1.165, 1.54) is 0 Å². The Bertz CT molecular complexity index is 586.